The third kappa shape index (κ3) is 4.11. The maximum absolute atomic E-state index is 11.6. The lowest BCUT2D eigenvalue weighted by molar-refractivity contribution is -0.384. The van der Waals surface area contributed by atoms with Crippen molar-refractivity contribution in [2.45, 2.75) is 6.54 Å². The van der Waals surface area contributed by atoms with Crippen LogP contribution in [-0.4, -0.2) is 37.3 Å². The molecule has 0 saturated heterocycles. The molecule has 23 heavy (non-hydrogen) atoms. The minimum Gasteiger partial charge on any atom is -0.367 e. The molecule has 2 aromatic rings. The number of nitrogens with two attached hydrogens (primary N) is 1. The van der Waals surface area contributed by atoms with Crippen molar-refractivity contribution in [3.05, 3.63) is 37.9 Å². The fourth-order valence-electron chi connectivity index (χ4n) is 1.46. The summed E-state index contributed by atoms with van der Waals surface area (Å²) in [6, 6.07) is 2.35. The first-order valence-corrected chi connectivity index (χ1v) is 6.61. The van der Waals surface area contributed by atoms with Crippen LogP contribution in [0.5, 0.6) is 0 Å². The quantitative estimate of drug-likeness (QED) is 0.450. The largest absolute Gasteiger partial charge is 0.367 e. The highest BCUT2D eigenvalue weighted by molar-refractivity contribution is 6.37. The number of hydrogen-bond donors (Lipinski definition) is 2. The smallest absolute Gasteiger partial charge is 0.288 e. The molecule has 0 bridgehead atoms. The highest BCUT2D eigenvalue weighted by Crippen LogP contribution is 2.29. The Kier molecular flexibility index (Phi) is 5.03. The van der Waals surface area contributed by atoms with Crippen LogP contribution < -0.4 is 11.2 Å². The van der Waals surface area contributed by atoms with Gasteiger partial charge in [0.05, 0.1) is 16.2 Å². The first-order chi connectivity index (χ1) is 10.9. The summed E-state index contributed by atoms with van der Waals surface area (Å²) in [7, 11) is 0. The molecule has 1 aromatic carbocycles. The van der Waals surface area contributed by atoms with Crippen molar-refractivity contribution < 1.29 is 9.72 Å². The maximum atomic E-state index is 11.6. The van der Waals surface area contributed by atoms with E-state index in [-0.39, 0.29) is 33.8 Å². The predicted octanol–water partition coefficient (Wildman–Crippen LogP) is 0.621. The Labute approximate surface area is 138 Å². The minimum absolute atomic E-state index is 0.0273. The summed E-state index contributed by atoms with van der Waals surface area (Å²) in [5.41, 5.74) is 7.47. The fourth-order valence-corrected chi connectivity index (χ4v) is 1.96. The number of tetrazole rings is 1. The number of rotatable bonds is 5. The van der Waals surface area contributed by atoms with E-state index in [4.69, 9.17) is 28.9 Å². The molecule has 11 nitrogen and oxygen atoms in total. The first-order valence-electron chi connectivity index (χ1n) is 5.85. The Morgan fingerprint density at radius 3 is 2.83 bits per heavy atom. The average Bonchev–Trinajstić information content (AvgIpc) is 2.86. The van der Waals surface area contributed by atoms with Gasteiger partial charge in [-0.2, -0.15) is 5.10 Å². The number of carbonyl (C=O) groups excluding carboxylic acids is 1. The van der Waals surface area contributed by atoms with Gasteiger partial charge in [-0.25, -0.2) is 10.1 Å². The molecule has 0 fully saturated rings. The van der Waals surface area contributed by atoms with E-state index < -0.39 is 10.8 Å². The third-order valence-electron chi connectivity index (χ3n) is 2.51. The van der Waals surface area contributed by atoms with Gasteiger partial charge in [0.15, 0.2) is 0 Å². The van der Waals surface area contributed by atoms with Crippen LogP contribution in [0.4, 0.5) is 11.6 Å². The standard InChI is InChI=1S/C10H8Cl2N8O3/c11-6-2-7(12)8(20(22)23)1-5(6)3-14-15-9(21)4-19-10(13)16-17-18-19/h1-3H,4H2,(H,15,21)(H2,13,16,18)/b14-3+. The Balaban J connectivity index is 2.06. The summed E-state index contributed by atoms with van der Waals surface area (Å²) in [5.74, 6) is -0.583. The number of carbonyl (C=O) groups is 1. The Bertz CT molecular complexity index is 790. The highest BCUT2D eigenvalue weighted by atomic mass is 35.5. The average molecular weight is 359 g/mol. The zero-order valence-corrected chi connectivity index (χ0v) is 12.7. The number of nitro benzene ring substituents is 1. The molecule has 0 aliphatic carbocycles. The number of nitrogens with one attached hydrogen (secondary N) is 1. The molecule has 120 valence electrons. The van der Waals surface area contributed by atoms with E-state index in [2.05, 4.69) is 26.1 Å². The summed E-state index contributed by atoms with van der Waals surface area (Å²) in [6.45, 7) is -0.245. The number of nitrogen functional groups attached to an aromatic ring is 1. The third-order valence-corrected chi connectivity index (χ3v) is 3.14. The minimum atomic E-state index is -0.658. The molecular formula is C10H8Cl2N8O3. The topological polar surface area (TPSA) is 154 Å². The van der Waals surface area contributed by atoms with Crippen LogP contribution >= 0.6 is 23.2 Å². The lowest BCUT2D eigenvalue weighted by Gasteiger charge is -2.02. The number of anilines is 1. The Morgan fingerprint density at radius 2 is 2.22 bits per heavy atom. The van der Waals surface area contributed by atoms with Crippen LogP contribution in [-0.2, 0) is 11.3 Å². The van der Waals surface area contributed by atoms with Gasteiger partial charge in [-0.1, -0.05) is 28.3 Å². The normalized spacial score (nSPS) is 10.9. The van der Waals surface area contributed by atoms with E-state index in [0.717, 1.165) is 17.0 Å². The van der Waals surface area contributed by atoms with Gasteiger partial charge in [0.1, 0.15) is 11.6 Å². The van der Waals surface area contributed by atoms with Gasteiger partial charge >= 0.3 is 0 Å². The van der Waals surface area contributed by atoms with Gasteiger partial charge in [0.25, 0.3) is 11.6 Å². The van der Waals surface area contributed by atoms with Gasteiger partial charge < -0.3 is 5.73 Å². The zero-order chi connectivity index (χ0) is 17.0. The summed E-state index contributed by atoms with van der Waals surface area (Å²) in [5, 5.41) is 24.7. The van der Waals surface area contributed by atoms with E-state index in [0.29, 0.717) is 0 Å². The molecule has 0 unspecified atom stereocenters. The summed E-state index contributed by atoms with van der Waals surface area (Å²) in [6.07, 6.45) is 1.15. The second-order valence-electron chi connectivity index (χ2n) is 4.07. The van der Waals surface area contributed by atoms with Gasteiger partial charge in [0.2, 0.25) is 5.95 Å². The van der Waals surface area contributed by atoms with Crippen molar-refractivity contribution in [2.75, 3.05) is 5.73 Å². The predicted molar refractivity (Wildman–Crippen MR) is 81.1 cm³/mol. The Hall–Kier alpha value is -2.79. The molecular weight excluding hydrogens is 351 g/mol. The molecule has 0 radical (unpaired) electrons. The molecule has 1 amide bonds. The molecule has 3 N–H and O–H groups in total. The van der Waals surface area contributed by atoms with E-state index in [1.165, 1.54) is 6.07 Å². The van der Waals surface area contributed by atoms with Crippen molar-refractivity contribution in [1.82, 2.24) is 25.6 Å². The SMILES string of the molecule is Nc1nnnn1CC(=O)N/N=C/c1cc([N+](=O)[O-])c(Cl)cc1Cl. The van der Waals surface area contributed by atoms with Crippen LogP contribution in [0.25, 0.3) is 0 Å². The van der Waals surface area contributed by atoms with Crippen LogP contribution in [0.3, 0.4) is 0 Å². The zero-order valence-electron chi connectivity index (χ0n) is 11.2. The van der Waals surface area contributed by atoms with E-state index in [1.807, 2.05) is 0 Å². The number of nitro groups is 1. The van der Waals surface area contributed by atoms with E-state index in [1.54, 1.807) is 0 Å². The van der Waals surface area contributed by atoms with Crippen molar-refractivity contribution in [1.29, 1.82) is 0 Å². The van der Waals surface area contributed by atoms with Gasteiger partial charge in [-0.05, 0) is 16.5 Å². The second-order valence-corrected chi connectivity index (χ2v) is 4.88. The molecule has 0 atom stereocenters. The number of benzene rings is 1. The lowest BCUT2D eigenvalue weighted by Crippen LogP contribution is -2.24. The number of halogens is 2. The summed E-state index contributed by atoms with van der Waals surface area (Å²) >= 11 is 11.6. The number of nitrogens with zero attached hydrogens (tertiary/aromatic N) is 6. The van der Waals surface area contributed by atoms with Gasteiger partial charge in [-0.3, -0.25) is 14.9 Å². The van der Waals surface area contributed by atoms with Crippen LogP contribution in [0.1, 0.15) is 5.56 Å². The van der Waals surface area contributed by atoms with Crippen LogP contribution in [0.15, 0.2) is 17.2 Å². The summed E-state index contributed by atoms with van der Waals surface area (Å²) in [4.78, 5) is 21.8. The first kappa shape index (κ1) is 16.6. The number of amides is 1. The highest BCUT2D eigenvalue weighted by Gasteiger charge is 2.15. The lowest BCUT2D eigenvalue weighted by atomic mass is 10.2. The Morgan fingerprint density at radius 1 is 1.48 bits per heavy atom. The van der Waals surface area contributed by atoms with Crippen LogP contribution in [0.2, 0.25) is 10.0 Å². The van der Waals surface area contributed by atoms with E-state index >= 15 is 0 Å². The van der Waals surface area contributed by atoms with E-state index in [9.17, 15) is 14.9 Å². The van der Waals surface area contributed by atoms with Crippen molar-refractivity contribution in [3.8, 4) is 0 Å². The van der Waals surface area contributed by atoms with Crippen molar-refractivity contribution in [2.24, 2.45) is 5.10 Å². The molecule has 13 heteroatoms. The molecule has 1 heterocycles. The molecule has 1 aromatic heterocycles. The second kappa shape index (κ2) is 6.98. The molecule has 0 aliphatic rings. The maximum Gasteiger partial charge on any atom is 0.288 e. The molecule has 0 saturated carbocycles. The van der Waals surface area contributed by atoms with Gasteiger partial charge in [0, 0.05) is 11.6 Å². The number of aromatic nitrogens is 4. The fraction of sp³-hybridized carbons (Fsp3) is 0.100. The number of hydrogen-bond acceptors (Lipinski definition) is 8. The van der Waals surface area contributed by atoms with Crippen LogP contribution in [0, 0.1) is 10.1 Å². The molecule has 0 aliphatic heterocycles. The van der Waals surface area contributed by atoms with Gasteiger partial charge in [-0.15, -0.1) is 0 Å². The molecule has 0 spiro atoms. The monoisotopic (exact) mass is 358 g/mol. The summed E-state index contributed by atoms with van der Waals surface area (Å²) < 4.78 is 1.06. The van der Waals surface area contributed by atoms with Crippen molar-refractivity contribution in [3.63, 3.8) is 0 Å². The molecule has 2 rings (SSSR count). The number of hydrazone groups is 1. The van der Waals surface area contributed by atoms with Crippen molar-refractivity contribution >= 4 is 47.0 Å².